The Morgan fingerprint density at radius 1 is 1.27 bits per heavy atom. The molecule has 15 heavy (non-hydrogen) atoms. The Hall–Kier alpha value is -1.61. The highest BCUT2D eigenvalue weighted by atomic mass is 16.5. The van der Waals surface area contributed by atoms with Crippen LogP contribution in [0.3, 0.4) is 0 Å². The van der Waals surface area contributed by atoms with Gasteiger partial charge in [0.15, 0.2) is 0 Å². The van der Waals surface area contributed by atoms with E-state index in [2.05, 4.69) is 0 Å². The lowest BCUT2D eigenvalue weighted by atomic mass is 10.00. The third-order valence-electron chi connectivity index (χ3n) is 2.36. The van der Waals surface area contributed by atoms with Crippen LogP contribution in [0.1, 0.15) is 18.1 Å². The fraction of sp³-hybridized carbons (Fsp3) is 0.250. The van der Waals surface area contributed by atoms with Crippen molar-refractivity contribution in [3.8, 4) is 0 Å². The molecule has 0 bridgehead atoms. The number of carbonyl (C=O) groups excluding carboxylic acids is 1. The molecule has 0 saturated carbocycles. The quantitative estimate of drug-likeness (QED) is 0.744. The van der Waals surface area contributed by atoms with E-state index in [1.165, 1.54) is 0 Å². The summed E-state index contributed by atoms with van der Waals surface area (Å²) in [5.41, 5.74) is 1.05. The number of aliphatic hydroxyl groups excluding tert-OH is 1. The maximum absolute atomic E-state index is 11.4. The van der Waals surface area contributed by atoms with E-state index < -0.39 is 12.1 Å². The second-order valence-corrected chi connectivity index (χ2v) is 3.40. The van der Waals surface area contributed by atoms with Crippen molar-refractivity contribution in [2.45, 2.75) is 12.5 Å². The van der Waals surface area contributed by atoms with Crippen molar-refractivity contribution in [1.29, 1.82) is 0 Å². The van der Waals surface area contributed by atoms with E-state index >= 15 is 0 Å². The maximum atomic E-state index is 11.4. The van der Waals surface area contributed by atoms with Gasteiger partial charge in [-0.2, -0.15) is 0 Å². The van der Waals surface area contributed by atoms with Gasteiger partial charge >= 0.3 is 5.97 Å². The van der Waals surface area contributed by atoms with Crippen molar-refractivity contribution in [3.63, 3.8) is 0 Å². The molecule has 0 aromatic heterocycles. The van der Waals surface area contributed by atoms with Gasteiger partial charge in [-0.05, 0) is 5.56 Å². The Balaban J connectivity index is 2.24. The van der Waals surface area contributed by atoms with Crippen LogP contribution in [0, 0.1) is 0 Å². The summed E-state index contributed by atoms with van der Waals surface area (Å²) in [6.07, 6.45) is 1.54. The molecule has 2 rings (SSSR count). The predicted molar refractivity (Wildman–Crippen MR) is 55.1 cm³/mol. The van der Waals surface area contributed by atoms with Gasteiger partial charge in [0, 0.05) is 6.42 Å². The number of benzene rings is 1. The van der Waals surface area contributed by atoms with Gasteiger partial charge in [0.1, 0.15) is 6.10 Å². The van der Waals surface area contributed by atoms with E-state index in [4.69, 9.17) is 4.74 Å². The van der Waals surface area contributed by atoms with Crippen LogP contribution < -0.4 is 0 Å². The highest BCUT2D eigenvalue weighted by molar-refractivity contribution is 5.90. The second-order valence-electron chi connectivity index (χ2n) is 3.40. The Morgan fingerprint density at radius 3 is 2.67 bits per heavy atom. The van der Waals surface area contributed by atoms with Crippen LogP contribution in [-0.4, -0.2) is 17.7 Å². The minimum Gasteiger partial charge on any atom is -0.462 e. The van der Waals surface area contributed by atoms with Crippen molar-refractivity contribution < 1.29 is 14.6 Å². The van der Waals surface area contributed by atoms with Crippen LogP contribution in [0.25, 0.3) is 0 Å². The van der Waals surface area contributed by atoms with E-state index in [9.17, 15) is 9.90 Å². The predicted octanol–water partition coefficient (Wildman–Crippen LogP) is 1.59. The van der Waals surface area contributed by atoms with E-state index in [-0.39, 0.29) is 0 Å². The van der Waals surface area contributed by atoms with Gasteiger partial charge < -0.3 is 9.84 Å². The van der Waals surface area contributed by atoms with Crippen LogP contribution >= 0.6 is 0 Å². The largest absolute Gasteiger partial charge is 0.462 e. The summed E-state index contributed by atoms with van der Waals surface area (Å²) in [7, 11) is 0. The molecular weight excluding hydrogens is 192 g/mol. The molecule has 1 aliphatic heterocycles. The lowest BCUT2D eigenvalue weighted by Gasteiger charge is -2.17. The van der Waals surface area contributed by atoms with Crippen molar-refractivity contribution >= 4 is 5.97 Å². The molecule has 0 amide bonds. The molecule has 0 spiro atoms. The molecule has 1 unspecified atom stereocenters. The molecule has 1 heterocycles. The Labute approximate surface area is 88.0 Å². The molecule has 1 N–H and O–H groups in total. The number of hydrogen-bond donors (Lipinski definition) is 1. The first-order valence-electron chi connectivity index (χ1n) is 4.89. The average Bonchev–Trinajstić information content (AvgIpc) is 2.30. The van der Waals surface area contributed by atoms with E-state index in [1.807, 2.05) is 18.2 Å². The highest BCUT2D eigenvalue weighted by Crippen LogP contribution is 2.24. The van der Waals surface area contributed by atoms with Crippen molar-refractivity contribution in [2.24, 2.45) is 0 Å². The monoisotopic (exact) mass is 204 g/mol. The molecule has 3 heteroatoms. The van der Waals surface area contributed by atoms with E-state index in [1.54, 1.807) is 18.2 Å². The van der Waals surface area contributed by atoms with Gasteiger partial charge in [-0.25, -0.2) is 4.79 Å². The lowest BCUT2D eigenvalue weighted by molar-refractivity contribution is -0.141. The lowest BCUT2D eigenvalue weighted by Crippen LogP contribution is -2.19. The molecule has 0 fully saturated rings. The molecule has 3 nitrogen and oxygen atoms in total. The summed E-state index contributed by atoms with van der Waals surface area (Å²) in [4.78, 5) is 11.4. The number of hydrogen-bond acceptors (Lipinski definition) is 3. The van der Waals surface area contributed by atoms with Gasteiger partial charge in [0.25, 0.3) is 0 Å². The van der Waals surface area contributed by atoms with Crippen LogP contribution in [0.4, 0.5) is 0 Å². The number of cyclic esters (lactones) is 1. The zero-order valence-corrected chi connectivity index (χ0v) is 8.22. The number of esters is 1. The third-order valence-corrected chi connectivity index (χ3v) is 2.36. The fourth-order valence-corrected chi connectivity index (χ4v) is 1.57. The second kappa shape index (κ2) is 4.28. The standard InChI is InChI=1S/C12H12O3/c13-11(9-5-2-1-3-6-9)10-7-4-8-15-12(10)14/h1-3,5-7,11,13H,4,8H2. The highest BCUT2D eigenvalue weighted by Gasteiger charge is 2.23. The van der Waals surface area contributed by atoms with Crippen LogP contribution in [0.5, 0.6) is 0 Å². The molecule has 1 aromatic carbocycles. The van der Waals surface area contributed by atoms with Gasteiger partial charge in [-0.15, -0.1) is 0 Å². The number of carbonyl (C=O) groups is 1. The molecular formula is C12H12O3. The number of aliphatic hydroxyl groups is 1. The summed E-state index contributed by atoms with van der Waals surface area (Å²) in [6.45, 7) is 0.407. The molecule has 0 aliphatic carbocycles. The first kappa shape index (κ1) is 9.93. The number of ether oxygens (including phenoxy) is 1. The SMILES string of the molecule is O=C1OCCC=C1C(O)c1ccccc1. The van der Waals surface area contributed by atoms with Gasteiger partial charge in [-0.3, -0.25) is 0 Å². The summed E-state index contributed by atoms with van der Waals surface area (Å²) < 4.78 is 4.87. The minimum atomic E-state index is -0.876. The van der Waals surface area contributed by atoms with Crippen molar-refractivity contribution in [1.82, 2.24) is 0 Å². The summed E-state index contributed by atoms with van der Waals surface area (Å²) in [5.74, 6) is -0.419. The van der Waals surface area contributed by atoms with Crippen LogP contribution in [-0.2, 0) is 9.53 Å². The summed E-state index contributed by atoms with van der Waals surface area (Å²) in [5, 5.41) is 9.95. The zero-order valence-electron chi connectivity index (χ0n) is 8.22. The summed E-state index contributed by atoms with van der Waals surface area (Å²) >= 11 is 0. The molecule has 1 atom stereocenters. The van der Waals surface area contributed by atoms with Gasteiger partial charge in [-0.1, -0.05) is 36.4 Å². The molecule has 78 valence electrons. The first-order chi connectivity index (χ1) is 7.29. The van der Waals surface area contributed by atoms with E-state index in [0.717, 1.165) is 0 Å². The smallest absolute Gasteiger partial charge is 0.336 e. The van der Waals surface area contributed by atoms with Crippen molar-refractivity contribution in [3.05, 3.63) is 47.5 Å². The third kappa shape index (κ3) is 2.07. The van der Waals surface area contributed by atoms with Crippen LogP contribution in [0.2, 0.25) is 0 Å². The first-order valence-corrected chi connectivity index (χ1v) is 4.89. The van der Waals surface area contributed by atoms with E-state index in [0.29, 0.717) is 24.2 Å². The molecule has 1 aliphatic rings. The zero-order chi connectivity index (χ0) is 10.7. The Kier molecular flexibility index (Phi) is 2.83. The minimum absolute atomic E-state index is 0.340. The Morgan fingerprint density at radius 2 is 2.00 bits per heavy atom. The average molecular weight is 204 g/mol. The fourth-order valence-electron chi connectivity index (χ4n) is 1.57. The Bertz CT molecular complexity index is 381. The van der Waals surface area contributed by atoms with Gasteiger partial charge in [0.2, 0.25) is 0 Å². The molecule has 1 aromatic rings. The maximum Gasteiger partial charge on any atom is 0.336 e. The summed E-state index contributed by atoms with van der Waals surface area (Å²) in [6, 6.07) is 9.09. The normalized spacial score (nSPS) is 17.9. The van der Waals surface area contributed by atoms with Gasteiger partial charge in [0.05, 0.1) is 12.2 Å². The topological polar surface area (TPSA) is 46.5 Å². The van der Waals surface area contributed by atoms with Crippen molar-refractivity contribution in [2.75, 3.05) is 6.61 Å². The molecule has 0 radical (unpaired) electrons. The molecule has 0 saturated heterocycles. The van der Waals surface area contributed by atoms with Crippen LogP contribution in [0.15, 0.2) is 42.0 Å². The number of rotatable bonds is 2.